The van der Waals surface area contributed by atoms with Gasteiger partial charge in [0.2, 0.25) is 0 Å². The van der Waals surface area contributed by atoms with Crippen LogP contribution >= 0.6 is 0 Å². The first kappa shape index (κ1) is 30.3. The molecular weight excluding hydrogens is 440 g/mol. The van der Waals surface area contributed by atoms with Gasteiger partial charge in [-0.2, -0.15) is 0 Å². The van der Waals surface area contributed by atoms with E-state index in [2.05, 4.69) is 42.9 Å². The number of hydrogen-bond acceptors (Lipinski definition) is 3. The van der Waals surface area contributed by atoms with E-state index in [-0.39, 0.29) is 0 Å². The quantitative estimate of drug-likeness (QED) is 0.153. The van der Waals surface area contributed by atoms with Crippen molar-refractivity contribution in [2.24, 2.45) is 5.92 Å². The summed E-state index contributed by atoms with van der Waals surface area (Å²) in [5, 5.41) is 0. The summed E-state index contributed by atoms with van der Waals surface area (Å²) in [6, 6.07) is 8.23. The van der Waals surface area contributed by atoms with E-state index in [4.69, 9.17) is 4.74 Å². The van der Waals surface area contributed by atoms with E-state index < -0.39 is 0 Å². The number of benzene rings is 1. The van der Waals surface area contributed by atoms with E-state index >= 15 is 0 Å². The van der Waals surface area contributed by atoms with E-state index in [0.29, 0.717) is 0 Å². The Morgan fingerprint density at radius 1 is 0.639 bits per heavy atom. The van der Waals surface area contributed by atoms with Crippen molar-refractivity contribution in [1.82, 2.24) is 9.97 Å². The lowest BCUT2D eigenvalue weighted by molar-refractivity contribution is 0.304. The zero-order chi connectivity index (χ0) is 25.7. The number of hydrogen-bond donors (Lipinski definition) is 0. The van der Waals surface area contributed by atoms with Crippen LogP contribution in [-0.2, 0) is 6.42 Å². The predicted molar refractivity (Wildman–Crippen MR) is 156 cm³/mol. The van der Waals surface area contributed by atoms with E-state index in [1.807, 2.05) is 24.5 Å². The normalized spacial score (nSPS) is 11.3. The SMILES string of the molecule is CCCCCCCCCCCCc1cnc(-c2ccc(OCCCCCCCCC(C)C)cc2)nc1. The summed E-state index contributed by atoms with van der Waals surface area (Å²) in [7, 11) is 0. The first-order chi connectivity index (χ1) is 17.7. The average Bonchev–Trinajstić information content (AvgIpc) is 2.89. The Kier molecular flexibility index (Phi) is 17.0. The fourth-order valence-corrected chi connectivity index (χ4v) is 4.70. The maximum absolute atomic E-state index is 5.94. The van der Waals surface area contributed by atoms with Gasteiger partial charge in [-0.25, -0.2) is 9.97 Å². The van der Waals surface area contributed by atoms with Crippen molar-refractivity contribution in [3.05, 3.63) is 42.2 Å². The lowest BCUT2D eigenvalue weighted by Crippen LogP contribution is -1.98. The zero-order valence-corrected chi connectivity index (χ0v) is 23.8. The topological polar surface area (TPSA) is 35.0 Å². The Morgan fingerprint density at radius 3 is 1.75 bits per heavy atom. The van der Waals surface area contributed by atoms with Crippen molar-refractivity contribution < 1.29 is 4.74 Å². The second kappa shape index (κ2) is 20.2. The van der Waals surface area contributed by atoms with Crippen molar-refractivity contribution in [3.63, 3.8) is 0 Å². The molecule has 0 spiro atoms. The molecule has 1 heterocycles. The van der Waals surface area contributed by atoms with E-state index in [0.717, 1.165) is 42.5 Å². The molecule has 1 aromatic carbocycles. The number of aromatic nitrogens is 2. The molecule has 0 aliphatic carbocycles. The number of aryl methyl sites for hydroxylation is 1. The summed E-state index contributed by atoms with van der Waals surface area (Å²) >= 11 is 0. The van der Waals surface area contributed by atoms with Gasteiger partial charge in [0.1, 0.15) is 5.75 Å². The Hall–Kier alpha value is -1.90. The molecule has 0 saturated heterocycles. The molecule has 0 saturated carbocycles. The highest BCUT2D eigenvalue weighted by molar-refractivity contribution is 5.55. The number of rotatable bonds is 22. The maximum atomic E-state index is 5.94. The molecule has 0 atom stereocenters. The highest BCUT2D eigenvalue weighted by atomic mass is 16.5. The van der Waals surface area contributed by atoms with Gasteiger partial charge in [0.05, 0.1) is 6.61 Å². The van der Waals surface area contributed by atoms with Crippen LogP contribution in [-0.4, -0.2) is 16.6 Å². The molecule has 0 radical (unpaired) electrons. The third-order valence-corrected chi connectivity index (χ3v) is 7.08. The maximum Gasteiger partial charge on any atom is 0.159 e. The lowest BCUT2D eigenvalue weighted by atomic mass is 10.0. The van der Waals surface area contributed by atoms with Gasteiger partial charge < -0.3 is 4.74 Å². The molecule has 3 heteroatoms. The number of nitrogens with zero attached hydrogens (tertiary/aromatic N) is 2. The minimum Gasteiger partial charge on any atom is -0.494 e. The highest BCUT2D eigenvalue weighted by Crippen LogP contribution is 2.20. The van der Waals surface area contributed by atoms with Gasteiger partial charge in [0.15, 0.2) is 5.82 Å². The number of ether oxygens (including phenoxy) is 1. The van der Waals surface area contributed by atoms with Gasteiger partial charge in [-0.05, 0) is 55.0 Å². The molecule has 0 aliphatic rings. The Morgan fingerprint density at radius 2 is 1.17 bits per heavy atom. The minimum atomic E-state index is 0.797. The van der Waals surface area contributed by atoms with Crippen LogP contribution in [0.5, 0.6) is 5.75 Å². The summed E-state index contributed by atoms with van der Waals surface area (Å²) in [6.45, 7) is 7.71. The second-order valence-electron chi connectivity index (χ2n) is 11.0. The molecule has 0 aliphatic heterocycles. The van der Waals surface area contributed by atoms with Crippen LogP contribution in [0.2, 0.25) is 0 Å². The van der Waals surface area contributed by atoms with Gasteiger partial charge in [-0.3, -0.25) is 0 Å². The van der Waals surface area contributed by atoms with Crippen LogP contribution in [0, 0.1) is 5.92 Å². The number of unbranched alkanes of at least 4 members (excludes halogenated alkanes) is 14. The van der Waals surface area contributed by atoms with Gasteiger partial charge in [0.25, 0.3) is 0 Å². The largest absolute Gasteiger partial charge is 0.494 e. The van der Waals surface area contributed by atoms with Crippen LogP contribution < -0.4 is 4.74 Å². The van der Waals surface area contributed by atoms with Crippen LogP contribution in [0.15, 0.2) is 36.7 Å². The molecule has 202 valence electrons. The van der Waals surface area contributed by atoms with E-state index in [1.165, 1.54) is 108 Å². The van der Waals surface area contributed by atoms with Crippen molar-refractivity contribution in [1.29, 1.82) is 0 Å². The summed E-state index contributed by atoms with van der Waals surface area (Å²) in [6.07, 6.45) is 28.0. The molecule has 0 unspecified atom stereocenters. The summed E-state index contributed by atoms with van der Waals surface area (Å²) in [5.41, 5.74) is 2.30. The Balaban J connectivity index is 1.54. The van der Waals surface area contributed by atoms with Crippen LogP contribution in [0.4, 0.5) is 0 Å². The van der Waals surface area contributed by atoms with Gasteiger partial charge >= 0.3 is 0 Å². The highest BCUT2D eigenvalue weighted by Gasteiger charge is 2.03. The minimum absolute atomic E-state index is 0.797. The van der Waals surface area contributed by atoms with Gasteiger partial charge in [-0.1, -0.05) is 117 Å². The van der Waals surface area contributed by atoms with E-state index in [1.54, 1.807) is 0 Å². The molecule has 0 amide bonds. The van der Waals surface area contributed by atoms with Crippen LogP contribution in [0.1, 0.15) is 135 Å². The van der Waals surface area contributed by atoms with Gasteiger partial charge in [0, 0.05) is 18.0 Å². The molecule has 0 fully saturated rings. The smallest absolute Gasteiger partial charge is 0.159 e. The molecule has 36 heavy (non-hydrogen) atoms. The third kappa shape index (κ3) is 14.6. The van der Waals surface area contributed by atoms with E-state index in [9.17, 15) is 0 Å². The Labute approximate surface area is 222 Å². The molecule has 2 rings (SSSR count). The second-order valence-corrected chi connectivity index (χ2v) is 11.0. The first-order valence-corrected chi connectivity index (χ1v) is 15.2. The summed E-state index contributed by atoms with van der Waals surface area (Å²) < 4.78 is 5.94. The average molecular weight is 495 g/mol. The molecule has 0 N–H and O–H groups in total. The van der Waals surface area contributed by atoms with Gasteiger partial charge in [-0.15, -0.1) is 0 Å². The monoisotopic (exact) mass is 494 g/mol. The first-order valence-electron chi connectivity index (χ1n) is 15.2. The standard InChI is InChI=1S/C33H54N2O/c1-4-5-6-7-8-9-10-11-15-18-21-30-27-34-33(35-28-30)31-22-24-32(25-23-31)36-26-19-16-13-12-14-17-20-29(2)3/h22-25,27-29H,4-21,26H2,1-3H3. The lowest BCUT2D eigenvalue weighted by Gasteiger charge is -2.08. The van der Waals surface area contributed by atoms with Crippen LogP contribution in [0.3, 0.4) is 0 Å². The molecular formula is C33H54N2O. The molecule has 3 nitrogen and oxygen atoms in total. The fourth-order valence-electron chi connectivity index (χ4n) is 4.70. The predicted octanol–water partition coefficient (Wildman–Crippen LogP) is 10.4. The third-order valence-electron chi connectivity index (χ3n) is 7.08. The molecule has 0 bridgehead atoms. The molecule has 2 aromatic rings. The van der Waals surface area contributed by atoms with Crippen molar-refractivity contribution in [2.75, 3.05) is 6.61 Å². The molecule has 1 aromatic heterocycles. The van der Waals surface area contributed by atoms with Crippen molar-refractivity contribution >= 4 is 0 Å². The Bertz CT molecular complexity index is 754. The fraction of sp³-hybridized carbons (Fsp3) is 0.697. The summed E-state index contributed by atoms with van der Waals surface area (Å²) in [5.74, 6) is 2.58. The van der Waals surface area contributed by atoms with Crippen molar-refractivity contribution in [3.8, 4) is 17.1 Å². The van der Waals surface area contributed by atoms with Crippen LogP contribution in [0.25, 0.3) is 11.4 Å². The zero-order valence-electron chi connectivity index (χ0n) is 23.8. The summed E-state index contributed by atoms with van der Waals surface area (Å²) in [4.78, 5) is 9.23. The van der Waals surface area contributed by atoms with Crippen molar-refractivity contribution in [2.45, 2.75) is 136 Å².